The number of hydrogen-bond acceptors (Lipinski definition) is 7. The van der Waals surface area contributed by atoms with Crippen LogP contribution in [-0.2, 0) is 4.79 Å². The molecule has 138 valence electrons. The first kappa shape index (κ1) is 18.9. The SMILES string of the molecule is COc1ccc(NCN2C(=O)C(=Cc3ccc([N+](=O)[O-])cc3)SC2=S)cc1. The van der Waals surface area contributed by atoms with E-state index < -0.39 is 4.92 Å². The Morgan fingerprint density at radius 3 is 2.48 bits per heavy atom. The molecule has 0 atom stereocenters. The van der Waals surface area contributed by atoms with Crippen molar-refractivity contribution in [1.29, 1.82) is 0 Å². The number of thioether (sulfide) groups is 1. The van der Waals surface area contributed by atoms with Crippen molar-refractivity contribution in [3.05, 3.63) is 69.1 Å². The number of benzene rings is 2. The second-order valence-electron chi connectivity index (χ2n) is 5.52. The number of carbonyl (C=O) groups is 1. The number of nitrogens with one attached hydrogen (secondary N) is 1. The smallest absolute Gasteiger partial charge is 0.269 e. The summed E-state index contributed by atoms with van der Waals surface area (Å²) in [5, 5.41) is 13.9. The van der Waals surface area contributed by atoms with Gasteiger partial charge in [-0.15, -0.1) is 0 Å². The summed E-state index contributed by atoms with van der Waals surface area (Å²) in [5.41, 5.74) is 1.54. The summed E-state index contributed by atoms with van der Waals surface area (Å²) in [4.78, 5) is 24.8. The van der Waals surface area contributed by atoms with E-state index in [9.17, 15) is 14.9 Å². The number of hydrogen-bond donors (Lipinski definition) is 1. The molecule has 1 amide bonds. The number of ether oxygens (including phenoxy) is 1. The van der Waals surface area contributed by atoms with Gasteiger partial charge in [0.05, 0.1) is 23.6 Å². The van der Waals surface area contributed by atoms with Gasteiger partial charge in [0, 0.05) is 17.8 Å². The lowest BCUT2D eigenvalue weighted by atomic mass is 10.2. The fourth-order valence-corrected chi connectivity index (χ4v) is 3.61. The Morgan fingerprint density at radius 2 is 1.89 bits per heavy atom. The van der Waals surface area contributed by atoms with Gasteiger partial charge in [-0.05, 0) is 48.0 Å². The van der Waals surface area contributed by atoms with Gasteiger partial charge in [0.15, 0.2) is 0 Å². The number of carbonyl (C=O) groups excluding carboxylic acids is 1. The van der Waals surface area contributed by atoms with Crippen molar-refractivity contribution in [1.82, 2.24) is 4.90 Å². The van der Waals surface area contributed by atoms with Crippen LogP contribution >= 0.6 is 24.0 Å². The third-order valence-electron chi connectivity index (χ3n) is 3.81. The Hall–Kier alpha value is -2.91. The molecule has 1 aliphatic rings. The fourth-order valence-electron chi connectivity index (χ4n) is 2.36. The molecule has 0 saturated carbocycles. The van der Waals surface area contributed by atoms with Crippen LogP contribution < -0.4 is 10.1 Å². The van der Waals surface area contributed by atoms with Gasteiger partial charge in [0.25, 0.3) is 11.6 Å². The highest BCUT2D eigenvalue weighted by Crippen LogP contribution is 2.32. The largest absolute Gasteiger partial charge is 0.497 e. The Morgan fingerprint density at radius 1 is 1.22 bits per heavy atom. The third-order valence-corrected chi connectivity index (χ3v) is 5.18. The van der Waals surface area contributed by atoms with Crippen LogP contribution in [0.4, 0.5) is 11.4 Å². The van der Waals surface area contributed by atoms with Crippen LogP contribution in [0.25, 0.3) is 6.08 Å². The lowest BCUT2D eigenvalue weighted by Crippen LogP contribution is -2.33. The second kappa shape index (κ2) is 8.19. The molecule has 1 aliphatic heterocycles. The Labute approximate surface area is 165 Å². The Kier molecular flexibility index (Phi) is 5.72. The topological polar surface area (TPSA) is 84.7 Å². The lowest BCUT2D eigenvalue weighted by Gasteiger charge is -2.16. The number of amides is 1. The molecule has 1 N–H and O–H groups in total. The maximum atomic E-state index is 12.6. The minimum Gasteiger partial charge on any atom is -0.497 e. The van der Waals surface area contributed by atoms with Crippen LogP contribution in [0.2, 0.25) is 0 Å². The van der Waals surface area contributed by atoms with E-state index in [1.807, 2.05) is 24.3 Å². The molecule has 7 nitrogen and oxygen atoms in total. The molecule has 1 heterocycles. The monoisotopic (exact) mass is 401 g/mol. The van der Waals surface area contributed by atoms with Crippen molar-refractivity contribution in [2.24, 2.45) is 0 Å². The van der Waals surface area contributed by atoms with Gasteiger partial charge in [0.1, 0.15) is 10.1 Å². The Balaban J connectivity index is 1.67. The number of nitro benzene ring substituents is 1. The zero-order chi connectivity index (χ0) is 19.4. The Bertz CT molecular complexity index is 911. The van der Waals surface area contributed by atoms with Crippen molar-refractivity contribution in [2.45, 2.75) is 0 Å². The number of thiocarbonyl (C=S) groups is 1. The summed E-state index contributed by atoms with van der Waals surface area (Å²) in [6.45, 7) is 0.245. The van der Waals surface area contributed by atoms with Gasteiger partial charge in [-0.3, -0.25) is 19.8 Å². The maximum Gasteiger partial charge on any atom is 0.269 e. The van der Waals surface area contributed by atoms with Crippen LogP contribution in [0.5, 0.6) is 5.75 Å². The van der Waals surface area contributed by atoms with Gasteiger partial charge < -0.3 is 10.1 Å². The second-order valence-corrected chi connectivity index (χ2v) is 7.20. The van der Waals surface area contributed by atoms with Crippen LogP contribution in [0.1, 0.15) is 5.56 Å². The van der Waals surface area contributed by atoms with E-state index >= 15 is 0 Å². The van der Waals surface area contributed by atoms with Crippen LogP contribution in [0.15, 0.2) is 53.4 Å². The van der Waals surface area contributed by atoms with Crippen molar-refractivity contribution in [2.75, 3.05) is 19.1 Å². The van der Waals surface area contributed by atoms with Gasteiger partial charge >= 0.3 is 0 Å². The van der Waals surface area contributed by atoms with E-state index in [-0.39, 0.29) is 18.3 Å². The summed E-state index contributed by atoms with van der Waals surface area (Å²) >= 11 is 6.50. The number of non-ortho nitro benzene ring substituents is 1. The number of anilines is 1. The summed E-state index contributed by atoms with van der Waals surface area (Å²) in [6.07, 6.45) is 1.68. The number of nitro groups is 1. The fraction of sp³-hybridized carbons (Fsp3) is 0.111. The molecular formula is C18H15N3O4S2. The van der Waals surface area contributed by atoms with Crippen molar-refractivity contribution in [3.63, 3.8) is 0 Å². The van der Waals surface area contributed by atoms with E-state index in [1.54, 1.807) is 25.3 Å². The molecule has 27 heavy (non-hydrogen) atoms. The van der Waals surface area contributed by atoms with Gasteiger partial charge in [0.2, 0.25) is 0 Å². The summed E-state index contributed by atoms with van der Waals surface area (Å²) < 4.78 is 5.56. The van der Waals surface area contributed by atoms with Gasteiger partial charge in [-0.1, -0.05) is 24.0 Å². The number of nitrogens with zero attached hydrogens (tertiary/aromatic N) is 2. The first-order valence-corrected chi connectivity index (χ1v) is 9.08. The van der Waals surface area contributed by atoms with Crippen molar-refractivity contribution >= 4 is 51.7 Å². The minimum absolute atomic E-state index is 0.00314. The van der Waals surface area contributed by atoms with E-state index in [1.165, 1.54) is 28.8 Å². The molecule has 3 rings (SSSR count). The third kappa shape index (κ3) is 4.44. The lowest BCUT2D eigenvalue weighted by molar-refractivity contribution is -0.384. The van der Waals surface area contributed by atoms with E-state index in [4.69, 9.17) is 17.0 Å². The van der Waals surface area contributed by atoms with Gasteiger partial charge in [-0.2, -0.15) is 0 Å². The molecule has 1 saturated heterocycles. The molecule has 9 heteroatoms. The highest BCUT2D eigenvalue weighted by Gasteiger charge is 2.31. The average molecular weight is 401 g/mol. The zero-order valence-corrected chi connectivity index (χ0v) is 15.9. The van der Waals surface area contributed by atoms with E-state index in [0.717, 1.165) is 11.4 Å². The molecule has 0 aromatic heterocycles. The average Bonchev–Trinajstić information content (AvgIpc) is 2.94. The predicted octanol–water partition coefficient (Wildman–Crippen LogP) is 3.87. The zero-order valence-electron chi connectivity index (χ0n) is 14.2. The van der Waals surface area contributed by atoms with Crippen LogP contribution in [-0.4, -0.2) is 33.8 Å². The van der Waals surface area contributed by atoms with E-state index in [2.05, 4.69) is 5.32 Å². The van der Waals surface area contributed by atoms with Gasteiger partial charge in [-0.25, -0.2) is 0 Å². The first-order chi connectivity index (χ1) is 13.0. The van der Waals surface area contributed by atoms with Crippen LogP contribution in [0.3, 0.4) is 0 Å². The van der Waals surface area contributed by atoms with E-state index in [0.29, 0.717) is 14.8 Å². The van der Waals surface area contributed by atoms with Crippen molar-refractivity contribution in [3.8, 4) is 5.75 Å². The quantitative estimate of drug-likeness (QED) is 0.340. The summed E-state index contributed by atoms with van der Waals surface area (Å²) in [6, 6.07) is 13.3. The van der Waals surface area contributed by atoms with Crippen molar-refractivity contribution < 1.29 is 14.5 Å². The molecule has 0 radical (unpaired) electrons. The molecule has 0 bridgehead atoms. The molecule has 1 fully saturated rings. The standard InChI is InChI=1S/C18H15N3O4S2/c1-25-15-8-4-13(5-9-15)19-11-20-17(22)16(27-18(20)26)10-12-2-6-14(7-3-12)21(23)24/h2-10,19H,11H2,1H3. The molecular weight excluding hydrogens is 386 g/mol. The molecule has 0 aliphatic carbocycles. The molecule has 0 spiro atoms. The first-order valence-electron chi connectivity index (χ1n) is 7.85. The highest BCUT2D eigenvalue weighted by molar-refractivity contribution is 8.26. The normalized spacial score (nSPS) is 15.3. The van der Waals surface area contributed by atoms with Crippen LogP contribution in [0, 0.1) is 10.1 Å². The summed E-state index contributed by atoms with van der Waals surface area (Å²) in [7, 11) is 1.60. The molecule has 2 aromatic rings. The number of rotatable bonds is 6. The highest BCUT2D eigenvalue weighted by atomic mass is 32.2. The maximum absolute atomic E-state index is 12.6. The summed E-state index contributed by atoms with van der Waals surface area (Å²) in [5.74, 6) is 0.543. The predicted molar refractivity (Wildman–Crippen MR) is 110 cm³/mol. The minimum atomic E-state index is -0.464. The molecule has 2 aromatic carbocycles. The number of methoxy groups -OCH3 is 1. The molecule has 0 unspecified atom stereocenters.